The molecule has 0 saturated carbocycles. The van der Waals surface area contributed by atoms with Crippen LogP contribution in [0.5, 0.6) is 0 Å². The smallest absolute Gasteiger partial charge is 0.235 e. The van der Waals surface area contributed by atoms with Crippen molar-refractivity contribution in [2.45, 2.75) is 24.8 Å². The third-order valence-corrected chi connectivity index (χ3v) is 6.21. The molecule has 2 N–H and O–H groups in total. The maximum Gasteiger partial charge on any atom is 0.235 e. The average Bonchev–Trinajstić information content (AvgIpc) is 3.05. The highest BCUT2D eigenvalue weighted by molar-refractivity contribution is 5.99. The van der Waals surface area contributed by atoms with E-state index in [4.69, 9.17) is 0 Å². The van der Waals surface area contributed by atoms with Gasteiger partial charge >= 0.3 is 0 Å². The van der Waals surface area contributed by atoms with Gasteiger partial charge in [-0.2, -0.15) is 0 Å². The SMILES string of the molecule is CC1C(CC(=O)/C=C(\O)c2ccccc2)NC(=O)C1(c1ccccc1)c1ccccc1. The Labute approximate surface area is 182 Å². The van der Waals surface area contributed by atoms with Gasteiger partial charge < -0.3 is 10.4 Å². The van der Waals surface area contributed by atoms with Gasteiger partial charge in [-0.15, -0.1) is 0 Å². The van der Waals surface area contributed by atoms with Gasteiger partial charge in [0.05, 0.1) is 0 Å². The lowest BCUT2D eigenvalue weighted by Gasteiger charge is -2.33. The number of ketones is 1. The predicted octanol–water partition coefficient (Wildman–Crippen LogP) is 4.67. The highest BCUT2D eigenvalue weighted by Gasteiger charge is 2.55. The van der Waals surface area contributed by atoms with Crippen molar-refractivity contribution in [3.63, 3.8) is 0 Å². The van der Waals surface area contributed by atoms with E-state index in [0.29, 0.717) is 5.56 Å². The molecule has 1 aliphatic rings. The summed E-state index contributed by atoms with van der Waals surface area (Å²) in [7, 11) is 0. The summed E-state index contributed by atoms with van der Waals surface area (Å²) in [6.45, 7) is 2.01. The van der Waals surface area contributed by atoms with Crippen molar-refractivity contribution in [2.24, 2.45) is 5.92 Å². The molecule has 4 nitrogen and oxygen atoms in total. The van der Waals surface area contributed by atoms with Crippen LogP contribution in [-0.2, 0) is 15.0 Å². The summed E-state index contributed by atoms with van der Waals surface area (Å²) in [6, 6.07) is 28.0. The molecule has 4 rings (SSSR count). The highest BCUT2D eigenvalue weighted by atomic mass is 16.3. The van der Waals surface area contributed by atoms with Crippen LogP contribution in [-0.4, -0.2) is 22.8 Å². The van der Waals surface area contributed by atoms with Gasteiger partial charge in [0.1, 0.15) is 11.2 Å². The van der Waals surface area contributed by atoms with Crippen LogP contribution in [0.25, 0.3) is 5.76 Å². The van der Waals surface area contributed by atoms with Crippen LogP contribution in [0, 0.1) is 5.92 Å². The zero-order valence-electron chi connectivity index (χ0n) is 17.4. The van der Waals surface area contributed by atoms with Gasteiger partial charge in [0.25, 0.3) is 0 Å². The number of benzene rings is 3. The second-order valence-electron chi connectivity index (χ2n) is 7.97. The number of allylic oxidation sites excluding steroid dienone is 1. The van der Waals surface area contributed by atoms with Crippen molar-refractivity contribution in [2.75, 3.05) is 0 Å². The minimum absolute atomic E-state index is 0.0695. The summed E-state index contributed by atoms with van der Waals surface area (Å²) in [4.78, 5) is 26.2. The lowest BCUT2D eigenvalue weighted by atomic mass is 9.66. The van der Waals surface area contributed by atoms with Crippen LogP contribution in [0.1, 0.15) is 30.0 Å². The van der Waals surface area contributed by atoms with Gasteiger partial charge in [-0.1, -0.05) is 97.9 Å². The summed E-state index contributed by atoms with van der Waals surface area (Å²) in [5.74, 6) is -0.567. The Morgan fingerprint density at radius 1 is 0.903 bits per heavy atom. The molecule has 0 radical (unpaired) electrons. The first-order valence-electron chi connectivity index (χ1n) is 10.4. The van der Waals surface area contributed by atoms with Gasteiger partial charge in [0, 0.05) is 24.1 Å². The van der Waals surface area contributed by atoms with Crippen molar-refractivity contribution < 1.29 is 14.7 Å². The number of hydrogen-bond acceptors (Lipinski definition) is 3. The Kier molecular flexibility index (Phi) is 5.72. The standard InChI is InChI=1S/C27H25NO3/c1-19-24(17-23(29)18-25(30)20-11-5-2-6-12-20)28-26(31)27(19,21-13-7-3-8-14-21)22-15-9-4-10-16-22/h2-16,18-19,24,30H,17H2,1H3,(H,28,31)/b25-18-. The molecule has 0 bridgehead atoms. The summed E-state index contributed by atoms with van der Waals surface area (Å²) in [6.07, 6.45) is 1.37. The minimum atomic E-state index is -0.876. The zero-order valence-corrected chi connectivity index (χ0v) is 17.4. The van der Waals surface area contributed by atoms with Crippen LogP contribution in [0.15, 0.2) is 97.1 Å². The first kappa shape index (κ1) is 20.6. The fraction of sp³-hybridized carbons (Fsp3) is 0.185. The van der Waals surface area contributed by atoms with Crippen molar-refractivity contribution in [3.8, 4) is 0 Å². The van der Waals surface area contributed by atoms with E-state index >= 15 is 0 Å². The van der Waals surface area contributed by atoms with E-state index < -0.39 is 5.41 Å². The fourth-order valence-corrected chi connectivity index (χ4v) is 4.62. The fourth-order valence-electron chi connectivity index (χ4n) is 4.62. The number of amides is 1. The molecule has 2 atom stereocenters. The van der Waals surface area contributed by atoms with Crippen molar-refractivity contribution in [1.82, 2.24) is 5.32 Å². The van der Waals surface area contributed by atoms with E-state index in [2.05, 4.69) is 5.32 Å². The van der Waals surface area contributed by atoms with Gasteiger partial charge in [-0.3, -0.25) is 9.59 Å². The van der Waals surface area contributed by atoms with E-state index in [0.717, 1.165) is 11.1 Å². The minimum Gasteiger partial charge on any atom is -0.507 e. The van der Waals surface area contributed by atoms with E-state index in [1.54, 1.807) is 24.3 Å². The Morgan fingerprint density at radius 2 is 1.39 bits per heavy atom. The molecule has 0 spiro atoms. The molecule has 31 heavy (non-hydrogen) atoms. The molecule has 1 heterocycles. The highest BCUT2D eigenvalue weighted by Crippen LogP contribution is 2.45. The number of nitrogens with one attached hydrogen (secondary N) is 1. The third kappa shape index (κ3) is 3.77. The molecule has 1 saturated heterocycles. The molecule has 156 valence electrons. The van der Waals surface area contributed by atoms with Gasteiger partial charge in [0.2, 0.25) is 5.91 Å². The summed E-state index contributed by atoms with van der Waals surface area (Å²) < 4.78 is 0. The van der Waals surface area contributed by atoms with E-state index in [9.17, 15) is 14.7 Å². The zero-order chi connectivity index (χ0) is 21.8. The Balaban J connectivity index is 1.65. The molecule has 1 amide bonds. The van der Waals surface area contributed by atoms with Gasteiger partial charge in [0.15, 0.2) is 5.78 Å². The molecule has 3 aromatic rings. The summed E-state index contributed by atoms with van der Waals surface area (Å²) in [5.41, 5.74) is 1.52. The number of carbonyl (C=O) groups excluding carboxylic acids is 2. The quantitative estimate of drug-likeness (QED) is 0.458. The number of hydrogen-bond donors (Lipinski definition) is 2. The predicted molar refractivity (Wildman–Crippen MR) is 121 cm³/mol. The second kappa shape index (κ2) is 8.60. The van der Waals surface area contributed by atoms with E-state index in [1.165, 1.54) is 6.08 Å². The van der Waals surface area contributed by atoms with Crippen LogP contribution in [0.2, 0.25) is 0 Å². The molecular formula is C27H25NO3. The number of carbonyl (C=O) groups is 2. The van der Waals surface area contributed by atoms with Gasteiger partial charge in [-0.05, 0) is 17.0 Å². The maximum atomic E-state index is 13.5. The maximum absolute atomic E-state index is 13.5. The Bertz CT molecular complexity index is 1050. The molecular weight excluding hydrogens is 386 g/mol. The molecule has 2 unspecified atom stereocenters. The number of aliphatic hydroxyl groups is 1. The number of aliphatic hydroxyl groups excluding tert-OH is 1. The molecule has 4 heteroatoms. The summed E-state index contributed by atoms with van der Waals surface area (Å²) >= 11 is 0. The third-order valence-electron chi connectivity index (χ3n) is 6.21. The van der Waals surface area contributed by atoms with E-state index in [1.807, 2.05) is 73.7 Å². The average molecular weight is 412 g/mol. The van der Waals surface area contributed by atoms with Gasteiger partial charge in [-0.25, -0.2) is 0 Å². The first-order chi connectivity index (χ1) is 15.0. The van der Waals surface area contributed by atoms with E-state index in [-0.39, 0.29) is 35.8 Å². The number of rotatable bonds is 6. The largest absolute Gasteiger partial charge is 0.507 e. The van der Waals surface area contributed by atoms with Crippen LogP contribution < -0.4 is 5.32 Å². The molecule has 3 aromatic carbocycles. The summed E-state index contributed by atoms with van der Waals surface area (Å²) in [5, 5.41) is 13.4. The molecule has 1 fully saturated rings. The lowest BCUT2D eigenvalue weighted by molar-refractivity contribution is -0.123. The Hall–Kier alpha value is -3.66. The van der Waals surface area contributed by atoms with Crippen molar-refractivity contribution in [1.29, 1.82) is 0 Å². The van der Waals surface area contributed by atoms with Crippen molar-refractivity contribution >= 4 is 17.4 Å². The molecule has 0 aliphatic carbocycles. The Morgan fingerprint density at radius 3 is 1.90 bits per heavy atom. The van der Waals surface area contributed by atoms with Crippen molar-refractivity contribution in [3.05, 3.63) is 114 Å². The topological polar surface area (TPSA) is 66.4 Å². The van der Waals surface area contributed by atoms with Crippen LogP contribution >= 0.6 is 0 Å². The second-order valence-corrected chi connectivity index (χ2v) is 7.97. The molecule has 0 aromatic heterocycles. The van der Waals surface area contributed by atoms with Crippen LogP contribution in [0.3, 0.4) is 0 Å². The lowest BCUT2D eigenvalue weighted by Crippen LogP contribution is -2.40. The molecule has 1 aliphatic heterocycles. The monoisotopic (exact) mass is 411 g/mol. The van der Waals surface area contributed by atoms with Crippen LogP contribution in [0.4, 0.5) is 0 Å². The normalized spacial score (nSPS) is 20.3. The first-order valence-corrected chi connectivity index (χ1v) is 10.4.